The number of hydrogen-bond donors (Lipinski definition) is 1. The van der Waals surface area contributed by atoms with E-state index in [1.807, 2.05) is 26.0 Å². The Hall–Kier alpha value is 0.0439. The normalized spacial score (nSPS) is 17.4. The minimum absolute atomic E-state index is 0. The zero-order chi connectivity index (χ0) is 16.3. The van der Waals surface area contributed by atoms with E-state index in [1.54, 1.807) is 0 Å². The van der Waals surface area contributed by atoms with Gasteiger partial charge in [-0.05, 0) is 44.0 Å². The number of quaternary nitrogens is 1. The van der Waals surface area contributed by atoms with E-state index in [4.69, 9.17) is 11.6 Å². The molecule has 1 heterocycles. The van der Waals surface area contributed by atoms with E-state index in [0.717, 1.165) is 52.4 Å². The van der Waals surface area contributed by atoms with Crippen LogP contribution >= 0.6 is 11.6 Å². The Morgan fingerprint density at radius 2 is 1.74 bits per heavy atom. The van der Waals surface area contributed by atoms with Gasteiger partial charge in [0.1, 0.15) is 0 Å². The van der Waals surface area contributed by atoms with Gasteiger partial charge < -0.3 is 9.80 Å². The van der Waals surface area contributed by atoms with Crippen LogP contribution < -0.4 is 5.32 Å². The van der Waals surface area contributed by atoms with Crippen molar-refractivity contribution in [3.63, 3.8) is 0 Å². The largest absolute Gasteiger partial charge is 0.320 e. The van der Waals surface area contributed by atoms with Crippen molar-refractivity contribution in [2.45, 2.75) is 53.0 Å². The molecular weight excluding hydrogens is 385 g/mol. The molecule has 1 saturated heterocycles. The summed E-state index contributed by atoms with van der Waals surface area (Å²) in [5.41, 5.74) is 2.97. The Bertz CT molecular complexity index is 533. The first kappa shape index (κ1) is 21.1. The summed E-state index contributed by atoms with van der Waals surface area (Å²) < 4.78 is 0.939. The summed E-state index contributed by atoms with van der Waals surface area (Å²) in [6.45, 7) is 11.6. The van der Waals surface area contributed by atoms with E-state index < -0.39 is 0 Å². The molecule has 0 spiro atoms. The van der Waals surface area contributed by atoms with Crippen LogP contribution in [0.15, 0.2) is 12.1 Å². The van der Waals surface area contributed by atoms with Gasteiger partial charge in [-0.2, -0.15) is 0 Å². The number of likely N-dealkylation sites (N-methyl/N-ethyl adjacent to an activating group) is 1. The smallest absolute Gasteiger partial charge is 0.282 e. The van der Waals surface area contributed by atoms with Gasteiger partial charge >= 0.3 is 0 Å². The average molecular weight is 413 g/mol. The van der Waals surface area contributed by atoms with Crippen molar-refractivity contribution in [3.8, 4) is 0 Å². The molecule has 5 heteroatoms. The number of nitrogens with zero attached hydrogens (tertiary/aromatic N) is 1. The van der Waals surface area contributed by atoms with E-state index in [9.17, 15) is 4.79 Å². The third-order valence-corrected chi connectivity index (χ3v) is 5.40. The first-order valence-electron chi connectivity index (χ1n) is 8.37. The third kappa shape index (κ3) is 4.57. The van der Waals surface area contributed by atoms with E-state index in [1.165, 1.54) is 12.8 Å². The maximum absolute atomic E-state index is 12.9. The molecule has 125 valence electrons. The van der Waals surface area contributed by atoms with Crippen LogP contribution in [-0.4, -0.2) is 36.1 Å². The second-order valence-corrected chi connectivity index (χ2v) is 6.95. The molecule has 1 aromatic carbocycles. The maximum Gasteiger partial charge on any atom is 0.282 e. The Morgan fingerprint density at radius 1 is 1.22 bits per heavy atom. The number of likely N-dealkylation sites (tertiary alicyclic amines) is 1. The SMILES string of the molecule is CCC(C(=O)Nc1c(C)cc(Cl)cc1C)[N+]1(CC)CCCC1.[Y]. The average Bonchev–Trinajstić information content (AvgIpc) is 2.93. The first-order chi connectivity index (χ1) is 10.4. The molecule has 1 amide bonds. The monoisotopic (exact) mass is 412 g/mol. The second-order valence-electron chi connectivity index (χ2n) is 6.52. The Labute approximate surface area is 170 Å². The topological polar surface area (TPSA) is 29.1 Å². The van der Waals surface area contributed by atoms with E-state index >= 15 is 0 Å². The van der Waals surface area contributed by atoms with Gasteiger partial charge in [-0.1, -0.05) is 18.5 Å². The number of aryl methyl sites for hydroxylation is 2. The molecule has 1 fully saturated rings. The van der Waals surface area contributed by atoms with Crippen LogP contribution in [0, 0.1) is 13.8 Å². The third-order valence-electron chi connectivity index (χ3n) is 5.18. The Kier molecular flexibility index (Phi) is 8.20. The molecule has 1 aliphatic heterocycles. The molecule has 0 bridgehead atoms. The molecule has 0 aromatic heterocycles. The standard InChI is InChI=1S/C18H27ClN2O.Y/c1-5-16(21(6-2)9-7-8-10-21)18(22)20-17-13(3)11-15(19)12-14(17)4;/h11-12,16H,5-10H2,1-4H3;/p+1. The number of anilines is 1. The molecule has 1 N–H and O–H groups in total. The van der Waals surface area contributed by atoms with Crippen molar-refractivity contribution in [3.05, 3.63) is 28.3 Å². The number of hydrogen-bond acceptors (Lipinski definition) is 1. The minimum Gasteiger partial charge on any atom is -0.320 e. The molecule has 1 radical (unpaired) electrons. The number of carbonyl (C=O) groups excluding carboxylic acids is 1. The summed E-state index contributed by atoms with van der Waals surface area (Å²) in [5, 5.41) is 3.90. The number of nitrogens with one attached hydrogen (secondary N) is 1. The quantitative estimate of drug-likeness (QED) is 0.718. The van der Waals surface area contributed by atoms with Gasteiger partial charge in [-0.3, -0.25) is 4.79 Å². The number of halogens is 1. The van der Waals surface area contributed by atoms with Gasteiger partial charge in [-0.25, -0.2) is 0 Å². The summed E-state index contributed by atoms with van der Waals surface area (Å²) in [6, 6.07) is 3.86. The molecule has 1 aliphatic rings. The summed E-state index contributed by atoms with van der Waals surface area (Å²) >= 11 is 6.08. The van der Waals surface area contributed by atoms with E-state index in [0.29, 0.717) is 0 Å². The number of carbonyl (C=O) groups is 1. The van der Waals surface area contributed by atoms with E-state index in [2.05, 4.69) is 19.2 Å². The fourth-order valence-electron chi connectivity index (χ4n) is 3.95. The summed E-state index contributed by atoms with van der Waals surface area (Å²) in [7, 11) is 0. The van der Waals surface area contributed by atoms with Crippen LogP contribution in [0.1, 0.15) is 44.2 Å². The zero-order valence-corrected chi connectivity index (χ0v) is 18.4. The van der Waals surface area contributed by atoms with Gasteiger partial charge in [0.2, 0.25) is 0 Å². The molecule has 2 rings (SSSR count). The zero-order valence-electron chi connectivity index (χ0n) is 14.8. The van der Waals surface area contributed by atoms with Gasteiger partial charge in [-0.15, -0.1) is 0 Å². The van der Waals surface area contributed by atoms with Crippen LogP contribution in [0.5, 0.6) is 0 Å². The molecule has 0 saturated carbocycles. The predicted octanol–water partition coefficient (Wildman–Crippen LogP) is 4.30. The van der Waals surface area contributed by atoms with Gasteiger partial charge in [0.25, 0.3) is 5.91 Å². The summed E-state index contributed by atoms with van der Waals surface area (Å²) in [5.74, 6) is 0.153. The van der Waals surface area contributed by atoms with Crippen molar-refractivity contribution >= 4 is 23.2 Å². The maximum atomic E-state index is 12.9. The van der Waals surface area contributed by atoms with Crippen molar-refractivity contribution in [1.82, 2.24) is 0 Å². The van der Waals surface area contributed by atoms with Crippen LogP contribution in [0.25, 0.3) is 0 Å². The molecule has 1 aromatic rings. The van der Waals surface area contributed by atoms with Gasteiger partial charge in [0.05, 0.1) is 19.6 Å². The number of benzene rings is 1. The first-order valence-corrected chi connectivity index (χ1v) is 8.74. The van der Waals surface area contributed by atoms with Crippen molar-refractivity contribution in [2.24, 2.45) is 0 Å². The fourth-order valence-corrected chi connectivity index (χ4v) is 4.28. The molecule has 3 nitrogen and oxygen atoms in total. The minimum atomic E-state index is 0. The van der Waals surface area contributed by atoms with Gasteiger partial charge in [0.15, 0.2) is 6.04 Å². The van der Waals surface area contributed by atoms with Gasteiger partial charge in [0, 0.05) is 62.7 Å². The van der Waals surface area contributed by atoms with Crippen molar-refractivity contribution in [2.75, 3.05) is 25.0 Å². The van der Waals surface area contributed by atoms with Crippen molar-refractivity contribution < 1.29 is 42.0 Å². The van der Waals surface area contributed by atoms with Crippen LogP contribution in [-0.2, 0) is 37.5 Å². The molecule has 1 unspecified atom stereocenters. The number of amides is 1. The van der Waals surface area contributed by atoms with Crippen LogP contribution in [0.2, 0.25) is 5.02 Å². The second kappa shape index (κ2) is 8.94. The Balaban J connectivity index is 0.00000264. The molecule has 23 heavy (non-hydrogen) atoms. The predicted molar refractivity (Wildman–Crippen MR) is 93.4 cm³/mol. The number of rotatable bonds is 5. The van der Waals surface area contributed by atoms with Crippen LogP contribution in [0.3, 0.4) is 0 Å². The van der Waals surface area contributed by atoms with E-state index in [-0.39, 0.29) is 44.7 Å². The molecular formula is C18H28ClN2OY+. The summed E-state index contributed by atoms with van der Waals surface area (Å²) in [4.78, 5) is 12.9. The Morgan fingerprint density at radius 3 is 2.17 bits per heavy atom. The molecule has 0 aliphatic carbocycles. The molecule has 1 atom stereocenters. The van der Waals surface area contributed by atoms with Crippen molar-refractivity contribution in [1.29, 1.82) is 0 Å². The summed E-state index contributed by atoms with van der Waals surface area (Å²) in [6.07, 6.45) is 3.35. The van der Waals surface area contributed by atoms with Crippen LogP contribution in [0.4, 0.5) is 5.69 Å². The fraction of sp³-hybridized carbons (Fsp3) is 0.611.